The summed E-state index contributed by atoms with van der Waals surface area (Å²) >= 11 is 1.52. The summed E-state index contributed by atoms with van der Waals surface area (Å²) in [6.07, 6.45) is 0.825. The molecule has 8 nitrogen and oxygen atoms in total. The van der Waals surface area contributed by atoms with Crippen molar-refractivity contribution in [3.8, 4) is 6.07 Å². The fraction of sp³-hybridized carbons (Fsp3) is 0.300. The van der Waals surface area contributed by atoms with Gasteiger partial charge in [-0.2, -0.15) is 5.26 Å². The van der Waals surface area contributed by atoms with Crippen LogP contribution in [0.2, 0.25) is 0 Å². The number of carbonyl (C=O) groups is 1. The van der Waals surface area contributed by atoms with Crippen molar-refractivity contribution in [2.75, 3.05) is 17.2 Å². The number of fused-ring (bicyclic) bond motifs is 1. The lowest BCUT2D eigenvalue weighted by Crippen LogP contribution is -2.31. The maximum absolute atomic E-state index is 12.0. The Labute approximate surface area is 173 Å². The van der Waals surface area contributed by atoms with Crippen LogP contribution in [0.1, 0.15) is 36.2 Å². The van der Waals surface area contributed by atoms with Gasteiger partial charge in [-0.1, -0.05) is 13.8 Å². The Bertz CT molecular complexity index is 1070. The third-order valence-electron chi connectivity index (χ3n) is 4.38. The number of rotatable bonds is 8. The zero-order chi connectivity index (χ0) is 21.0. The second-order valence-electron chi connectivity index (χ2n) is 7.12. The van der Waals surface area contributed by atoms with Crippen molar-refractivity contribution in [3.63, 3.8) is 0 Å². The van der Waals surface area contributed by atoms with Crippen molar-refractivity contribution >= 4 is 44.8 Å². The van der Waals surface area contributed by atoms with Crippen molar-refractivity contribution in [3.05, 3.63) is 40.9 Å². The van der Waals surface area contributed by atoms with Gasteiger partial charge >= 0.3 is 0 Å². The molecule has 2 aromatic heterocycles. The summed E-state index contributed by atoms with van der Waals surface area (Å²) in [7, 11) is 0. The largest absolute Gasteiger partial charge is 0.365 e. The maximum atomic E-state index is 12.0. The SMILES string of the molecule is CC(C)CC(CN)Nc1nc(Nc2ccc3ncsc3c2)c(C(N)=O)cc1C#N. The van der Waals surface area contributed by atoms with E-state index in [1.165, 1.54) is 17.4 Å². The van der Waals surface area contributed by atoms with E-state index in [9.17, 15) is 10.1 Å². The van der Waals surface area contributed by atoms with Crippen LogP contribution in [-0.4, -0.2) is 28.5 Å². The van der Waals surface area contributed by atoms with Crippen molar-refractivity contribution in [1.82, 2.24) is 9.97 Å². The number of carbonyl (C=O) groups excluding carboxylic acids is 1. The third-order valence-corrected chi connectivity index (χ3v) is 5.18. The fourth-order valence-electron chi connectivity index (χ4n) is 3.04. The first-order valence-electron chi connectivity index (χ1n) is 9.23. The van der Waals surface area contributed by atoms with Crippen LogP contribution in [0.4, 0.5) is 17.3 Å². The maximum Gasteiger partial charge on any atom is 0.252 e. The van der Waals surface area contributed by atoms with Gasteiger partial charge in [0, 0.05) is 18.3 Å². The number of benzene rings is 1. The highest BCUT2D eigenvalue weighted by atomic mass is 32.1. The highest BCUT2D eigenvalue weighted by Crippen LogP contribution is 2.28. The van der Waals surface area contributed by atoms with Crippen molar-refractivity contribution < 1.29 is 4.79 Å². The second-order valence-corrected chi connectivity index (χ2v) is 8.01. The lowest BCUT2D eigenvalue weighted by atomic mass is 10.0. The van der Waals surface area contributed by atoms with Gasteiger partial charge in [-0.3, -0.25) is 4.79 Å². The zero-order valence-corrected chi connectivity index (χ0v) is 17.1. The van der Waals surface area contributed by atoms with E-state index in [-0.39, 0.29) is 23.0 Å². The first kappa shape index (κ1) is 20.5. The normalized spacial score (nSPS) is 12.0. The minimum atomic E-state index is -0.667. The molecular formula is C20H23N7OS. The van der Waals surface area contributed by atoms with Crippen LogP contribution in [0.5, 0.6) is 0 Å². The number of nitrogens with two attached hydrogens (primary N) is 2. The van der Waals surface area contributed by atoms with Gasteiger partial charge in [-0.15, -0.1) is 11.3 Å². The Kier molecular flexibility index (Phi) is 6.26. The van der Waals surface area contributed by atoms with Crippen LogP contribution in [-0.2, 0) is 0 Å². The zero-order valence-electron chi connectivity index (χ0n) is 16.3. The highest BCUT2D eigenvalue weighted by molar-refractivity contribution is 7.16. The molecule has 0 aliphatic heterocycles. The fourth-order valence-corrected chi connectivity index (χ4v) is 3.75. The minimum absolute atomic E-state index is 0.0459. The van der Waals surface area contributed by atoms with Crippen LogP contribution in [0.3, 0.4) is 0 Å². The summed E-state index contributed by atoms with van der Waals surface area (Å²) in [5.41, 5.74) is 15.2. The van der Waals surface area contributed by atoms with E-state index in [2.05, 4.69) is 40.5 Å². The number of nitrogens with one attached hydrogen (secondary N) is 2. The van der Waals surface area contributed by atoms with Gasteiger partial charge in [0.15, 0.2) is 0 Å². The van der Waals surface area contributed by atoms with Gasteiger partial charge in [0.25, 0.3) is 5.91 Å². The Morgan fingerprint density at radius 2 is 2.10 bits per heavy atom. The van der Waals surface area contributed by atoms with Crippen LogP contribution in [0.15, 0.2) is 29.8 Å². The molecule has 0 saturated carbocycles. The standard InChI is InChI=1S/C20H23N7OS/c1-11(2)5-14(9-22)26-19-12(8-21)6-15(18(23)28)20(27-19)25-13-3-4-16-17(7-13)29-10-24-16/h3-4,6-7,10-11,14H,5,9,22H2,1-2H3,(H2,23,28)(H2,25,26,27). The molecule has 0 spiro atoms. The lowest BCUT2D eigenvalue weighted by Gasteiger charge is -2.21. The molecule has 29 heavy (non-hydrogen) atoms. The van der Waals surface area contributed by atoms with E-state index in [1.807, 2.05) is 18.2 Å². The number of pyridine rings is 1. The van der Waals surface area contributed by atoms with Crippen LogP contribution >= 0.6 is 11.3 Å². The molecule has 0 aliphatic carbocycles. The molecule has 0 fully saturated rings. The lowest BCUT2D eigenvalue weighted by molar-refractivity contribution is 0.100. The number of hydrogen-bond donors (Lipinski definition) is 4. The van der Waals surface area contributed by atoms with Crippen LogP contribution in [0.25, 0.3) is 10.2 Å². The van der Waals surface area contributed by atoms with E-state index in [0.717, 1.165) is 22.3 Å². The smallest absolute Gasteiger partial charge is 0.252 e. The Morgan fingerprint density at radius 3 is 2.76 bits per heavy atom. The number of thiazole rings is 1. The number of primary amides is 1. The molecule has 3 aromatic rings. The van der Waals surface area contributed by atoms with Crippen molar-refractivity contribution in [2.45, 2.75) is 26.3 Å². The monoisotopic (exact) mass is 409 g/mol. The molecule has 0 radical (unpaired) electrons. The molecule has 1 amide bonds. The molecule has 1 aromatic carbocycles. The number of nitrogens with zero attached hydrogens (tertiary/aromatic N) is 3. The topological polar surface area (TPSA) is 143 Å². The third kappa shape index (κ3) is 4.80. The summed E-state index contributed by atoms with van der Waals surface area (Å²) < 4.78 is 1.00. The van der Waals surface area contributed by atoms with Gasteiger partial charge < -0.3 is 22.1 Å². The average Bonchev–Trinajstić information content (AvgIpc) is 3.14. The predicted octanol–water partition coefficient (Wildman–Crippen LogP) is 3.19. The summed E-state index contributed by atoms with van der Waals surface area (Å²) in [6.45, 7) is 4.59. The number of nitriles is 1. The molecule has 1 unspecified atom stereocenters. The Balaban J connectivity index is 1.99. The summed E-state index contributed by atoms with van der Waals surface area (Å²) in [5.74, 6) is 0.410. The van der Waals surface area contributed by atoms with Gasteiger partial charge in [0.2, 0.25) is 0 Å². The molecule has 0 aliphatic rings. The van der Waals surface area contributed by atoms with E-state index < -0.39 is 5.91 Å². The van der Waals surface area contributed by atoms with E-state index in [1.54, 1.807) is 5.51 Å². The summed E-state index contributed by atoms with van der Waals surface area (Å²) in [5, 5.41) is 15.9. The average molecular weight is 410 g/mol. The quantitative estimate of drug-likeness (QED) is 0.447. The second kappa shape index (κ2) is 8.86. The van der Waals surface area contributed by atoms with Crippen LogP contribution in [0, 0.1) is 17.2 Å². The predicted molar refractivity (Wildman–Crippen MR) is 116 cm³/mol. The van der Waals surface area contributed by atoms with Crippen molar-refractivity contribution in [1.29, 1.82) is 5.26 Å². The van der Waals surface area contributed by atoms with Crippen molar-refractivity contribution in [2.24, 2.45) is 17.4 Å². The molecule has 3 rings (SSSR count). The number of amides is 1. The molecular weight excluding hydrogens is 386 g/mol. The first-order chi connectivity index (χ1) is 13.9. The molecule has 6 N–H and O–H groups in total. The number of aromatic nitrogens is 2. The van der Waals surface area contributed by atoms with Gasteiger partial charge in [0.05, 0.1) is 26.9 Å². The molecule has 2 heterocycles. The Hall–Kier alpha value is -3.22. The van der Waals surface area contributed by atoms with Crippen LogP contribution < -0.4 is 22.1 Å². The van der Waals surface area contributed by atoms with E-state index in [4.69, 9.17) is 11.5 Å². The number of hydrogen-bond acceptors (Lipinski definition) is 8. The van der Waals surface area contributed by atoms with Gasteiger partial charge in [-0.05, 0) is 36.6 Å². The van der Waals surface area contributed by atoms with Gasteiger partial charge in [0.1, 0.15) is 17.7 Å². The summed E-state index contributed by atoms with van der Waals surface area (Å²) in [6, 6.07) is 9.14. The van der Waals surface area contributed by atoms with E-state index in [0.29, 0.717) is 18.3 Å². The molecule has 0 saturated heterocycles. The van der Waals surface area contributed by atoms with E-state index >= 15 is 0 Å². The molecule has 150 valence electrons. The molecule has 0 bridgehead atoms. The highest BCUT2D eigenvalue weighted by Gasteiger charge is 2.18. The minimum Gasteiger partial charge on any atom is -0.365 e. The summed E-state index contributed by atoms with van der Waals surface area (Å²) in [4.78, 5) is 20.7. The first-order valence-corrected chi connectivity index (χ1v) is 10.1. The number of anilines is 3. The molecule has 1 atom stereocenters. The molecule has 9 heteroatoms. The Morgan fingerprint density at radius 1 is 1.31 bits per heavy atom. The van der Waals surface area contributed by atoms with Gasteiger partial charge in [-0.25, -0.2) is 9.97 Å².